The summed E-state index contributed by atoms with van der Waals surface area (Å²) >= 11 is 0. The van der Waals surface area contributed by atoms with Crippen LogP contribution in [0.4, 0.5) is 5.69 Å². The van der Waals surface area contributed by atoms with Gasteiger partial charge in [0.25, 0.3) is 5.91 Å². The minimum atomic E-state index is -0.237. The maximum absolute atomic E-state index is 12.7. The lowest BCUT2D eigenvalue weighted by molar-refractivity contribution is 0.0497. The summed E-state index contributed by atoms with van der Waals surface area (Å²) in [6.45, 7) is 6.18. The highest BCUT2D eigenvalue weighted by atomic mass is 16.5. The maximum Gasteiger partial charge on any atom is 0.278 e. The Morgan fingerprint density at radius 3 is 2.66 bits per heavy atom. The third-order valence-electron chi connectivity index (χ3n) is 5.74. The molecule has 3 heterocycles. The Labute approximate surface area is 171 Å². The smallest absolute Gasteiger partial charge is 0.278 e. The Bertz CT molecular complexity index is 808. The number of piperidine rings is 1. The van der Waals surface area contributed by atoms with E-state index in [9.17, 15) is 4.79 Å². The van der Waals surface area contributed by atoms with Gasteiger partial charge in [-0.15, -0.1) is 5.10 Å². The van der Waals surface area contributed by atoms with Gasteiger partial charge < -0.3 is 20.1 Å². The van der Waals surface area contributed by atoms with Crippen LogP contribution >= 0.6 is 0 Å². The highest BCUT2D eigenvalue weighted by Gasteiger charge is 2.23. The molecule has 8 heteroatoms. The third kappa shape index (κ3) is 4.94. The van der Waals surface area contributed by atoms with Crippen LogP contribution < -0.4 is 15.4 Å². The van der Waals surface area contributed by atoms with Gasteiger partial charge in [-0.25, -0.2) is 4.68 Å². The number of hydrogen-bond acceptors (Lipinski definition) is 6. The molecule has 1 amide bonds. The van der Waals surface area contributed by atoms with Crippen LogP contribution in [-0.2, 0) is 4.74 Å². The van der Waals surface area contributed by atoms with Gasteiger partial charge in [0.1, 0.15) is 5.75 Å². The van der Waals surface area contributed by atoms with Crippen molar-refractivity contribution in [1.29, 1.82) is 0 Å². The number of anilines is 1. The molecule has 156 valence electrons. The first kappa shape index (κ1) is 19.8. The number of carbonyl (C=O) groups excluding carboxylic acids is 1. The van der Waals surface area contributed by atoms with Crippen LogP contribution in [0.2, 0.25) is 0 Å². The number of hydrogen-bond donors (Lipinski definition) is 2. The molecule has 2 fully saturated rings. The van der Waals surface area contributed by atoms with Gasteiger partial charge in [-0.2, -0.15) is 0 Å². The van der Waals surface area contributed by atoms with Crippen LogP contribution in [0.5, 0.6) is 5.75 Å². The molecule has 2 saturated heterocycles. The molecule has 2 aliphatic rings. The molecule has 8 nitrogen and oxygen atoms in total. The molecule has 0 bridgehead atoms. The van der Waals surface area contributed by atoms with Crippen molar-refractivity contribution in [1.82, 2.24) is 20.3 Å². The van der Waals surface area contributed by atoms with Crippen LogP contribution in [0.25, 0.3) is 0 Å². The summed E-state index contributed by atoms with van der Waals surface area (Å²) in [6, 6.07) is 7.77. The van der Waals surface area contributed by atoms with Gasteiger partial charge in [-0.05, 0) is 75.9 Å². The van der Waals surface area contributed by atoms with Crippen molar-refractivity contribution >= 4 is 11.6 Å². The summed E-state index contributed by atoms with van der Waals surface area (Å²) in [4.78, 5) is 12.7. The molecule has 0 spiro atoms. The fraction of sp³-hybridized carbons (Fsp3) is 0.571. The van der Waals surface area contributed by atoms with E-state index in [1.54, 1.807) is 0 Å². The van der Waals surface area contributed by atoms with E-state index in [4.69, 9.17) is 9.47 Å². The minimum Gasteiger partial charge on any atom is -0.493 e. The highest BCUT2D eigenvalue weighted by molar-refractivity contribution is 6.03. The average Bonchev–Trinajstić information content (AvgIpc) is 3.16. The molecule has 1 aromatic heterocycles. The number of carbonyl (C=O) groups is 1. The summed E-state index contributed by atoms with van der Waals surface area (Å²) in [7, 11) is 0. The van der Waals surface area contributed by atoms with E-state index in [1.807, 2.05) is 35.9 Å². The summed E-state index contributed by atoms with van der Waals surface area (Å²) in [5.41, 5.74) is 1.90. The highest BCUT2D eigenvalue weighted by Crippen LogP contribution is 2.22. The molecular weight excluding hydrogens is 370 g/mol. The van der Waals surface area contributed by atoms with Gasteiger partial charge in [0.2, 0.25) is 0 Å². The standard InChI is InChI=1S/C21H29N5O3/c1-15-20(24-25-26(15)18-6-10-22-11-7-18)21(27)23-17-2-4-19(5-3-17)29-14-16-8-12-28-13-9-16/h2-5,16,18,22H,6-14H2,1H3,(H,23,27). The summed E-state index contributed by atoms with van der Waals surface area (Å²) < 4.78 is 13.1. The molecule has 29 heavy (non-hydrogen) atoms. The lowest BCUT2D eigenvalue weighted by Gasteiger charge is -2.23. The van der Waals surface area contributed by atoms with Crippen LogP contribution in [0.15, 0.2) is 24.3 Å². The number of rotatable bonds is 6. The lowest BCUT2D eigenvalue weighted by Crippen LogP contribution is -2.30. The largest absolute Gasteiger partial charge is 0.493 e. The quantitative estimate of drug-likeness (QED) is 0.776. The first-order chi connectivity index (χ1) is 14.2. The van der Waals surface area contributed by atoms with Crippen molar-refractivity contribution in [2.24, 2.45) is 5.92 Å². The molecule has 2 aromatic rings. The molecule has 0 radical (unpaired) electrons. The van der Waals surface area contributed by atoms with Crippen molar-refractivity contribution in [2.75, 3.05) is 38.2 Å². The number of benzene rings is 1. The Balaban J connectivity index is 1.33. The fourth-order valence-electron chi connectivity index (χ4n) is 3.90. The zero-order valence-corrected chi connectivity index (χ0v) is 16.9. The second-order valence-corrected chi connectivity index (χ2v) is 7.79. The van der Waals surface area contributed by atoms with E-state index in [1.165, 1.54) is 0 Å². The fourth-order valence-corrected chi connectivity index (χ4v) is 3.90. The van der Waals surface area contributed by atoms with Gasteiger partial charge in [0.05, 0.1) is 18.3 Å². The Hall–Kier alpha value is -2.45. The van der Waals surface area contributed by atoms with Crippen LogP contribution in [0.1, 0.15) is 47.9 Å². The topological polar surface area (TPSA) is 90.3 Å². The molecule has 1 aromatic carbocycles. The Morgan fingerprint density at radius 2 is 1.93 bits per heavy atom. The monoisotopic (exact) mass is 399 g/mol. The SMILES string of the molecule is Cc1c(C(=O)Nc2ccc(OCC3CCOCC3)cc2)nnn1C1CCNCC1. The van der Waals surface area contributed by atoms with E-state index in [2.05, 4.69) is 20.9 Å². The van der Waals surface area contributed by atoms with Gasteiger partial charge in [0, 0.05) is 18.9 Å². The number of aromatic nitrogens is 3. The van der Waals surface area contributed by atoms with Crippen molar-refractivity contribution < 1.29 is 14.3 Å². The molecule has 0 atom stereocenters. The van der Waals surface area contributed by atoms with E-state index in [0.717, 1.165) is 63.4 Å². The number of nitrogens with one attached hydrogen (secondary N) is 2. The first-order valence-electron chi connectivity index (χ1n) is 10.4. The predicted octanol–water partition coefficient (Wildman–Crippen LogP) is 2.57. The number of amides is 1. The average molecular weight is 399 g/mol. The minimum absolute atomic E-state index is 0.237. The van der Waals surface area contributed by atoms with Crippen LogP contribution in [0.3, 0.4) is 0 Å². The Morgan fingerprint density at radius 1 is 1.21 bits per heavy atom. The summed E-state index contributed by atoms with van der Waals surface area (Å²) in [5, 5.41) is 14.6. The lowest BCUT2D eigenvalue weighted by atomic mass is 10.0. The zero-order valence-electron chi connectivity index (χ0n) is 16.9. The van der Waals surface area contributed by atoms with E-state index < -0.39 is 0 Å². The number of ether oxygens (including phenoxy) is 2. The van der Waals surface area contributed by atoms with Crippen LogP contribution in [0, 0.1) is 12.8 Å². The van der Waals surface area contributed by atoms with Gasteiger partial charge in [-0.1, -0.05) is 5.21 Å². The summed E-state index contributed by atoms with van der Waals surface area (Å²) in [6.07, 6.45) is 4.10. The van der Waals surface area contributed by atoms with E-state index in [0.29, 0.717) is 29.9 Å². The zero-order chi connectivity index (χ0) is 20.1. The molecule has 2 N–H and O–H groups in total. The van der Waals surface area contributed by atoms with Crippen molar-refractivity contribution in [3.63, 3.8) is 0 Å². The molecule has 2 aliphatic heterocycles. The molecule has 0 unspecified atom stereocenters. The van der Waals surface area contributed by atoms with Crippen molar-refractivity contribution in [3.8, 4) is 5.75 Å². The summed E-state index contributed by atoms with van der Waals surface area (Å²) in [5.74, 6) is 1.12. The van der Waals surface area contributed by atoms with Crippen molar-refractivity contribution in [3.05, 3.63) is 35.7 Å². The van der Waals surface area contributed by atoms with E-state index in [-0.39, 0.29) is 5.91 Å². The maximum atomic E-state index is 12.7. The Kier molecular flexibility index (Phi) is 6.41. The first-order valence-corrected chi connectivity index (χ1v) is 10.4. The van der Waals surface area contributed by atoms with Crippen molar-refractivity contribution in [2.45, 2.75) is 38.6 Å². The third-order valence-corrected chi connectivity index (χ3v) is 5.74. The second-order valence-electron chi connectivity index (χ2n) is 7.79. The van der Waals surface area contributed by atoms with E-state index >= 15 is 0 Å². The van der Waals surface area contributed by atoms with Gasteiger partial charge in [-0.3, -0.25) is 4.79 Å². The second kappa shape index (κ2) is 9.37. The molecule has 0 aliphatic carbocycles. The molecule has 4 rings (SSSR count). The van der Waals surface area contributed by atoms with Gasteiger partial charge in [0.15, 0.2) is 5.69 Å². The van der Waals surface area contributed by atoms with Crippen LogP contribution in [-0.4, -0.2) is 53.8 Å². The molecule has 0 saturated carbocycles. The van der Waals surface area contributed by atoms with Gasteiger partial charge >= 0.3 is 0 Å². The number of nitrogens with zero attached hydrogens (tertiary/aromatic N) is 3. The predicted molar refractivity (Wildman–Crippen MR) is 109 cm³/mol. The normalized spacial score (nSPS) is 18.5. The molecular formula is C21H29N5O3.